The standard InChI is InChI=1S/C31H44N4O3/c1-21-17-34(18-22(2)37-21)27-13-8-11-24-19-35(30(36)38-31(3,4)5)25(16-26(24)27)20-33(6)28-14-7-10-23-12-9-15-32-29(23)28/h8-9,11-13,15,21-22,25,28H,7,10,14,16-20H2,1-6H3/t21-,22+,25-,28+/m1/s1. The van der Waals surface area contributed by atoms with Crippen LogP contribution in [0.4, 0.5) is 10.5 Å². The van der Waals surface area contributed by atoms with Crippen molar-refractivity contribution in [2.24, 2.45) is 0 Å². The molecule has 0 saturated carbocycles. The van der Waals surface area contributed by atoms with Gasteiger partial charge in [-0.3, -0.25) is 14.8 Å². The van der Waals surface area contributed by atoms with Crippen molar-refractivity contribution in [3.63, 3.8) is 0 Å². The Morgan fingerprint density at radius 1 is 1.13 bits per heavy atom. The molecule has 3 aliphatic rings. The number of anilines is 1. The van der Waals surface area contributed by atoms with E-state index in [1.54, 1.807) is 0 Å². The van der Waals surface area contributed by atoms with Gasteiger partial charge in [0.2, 0.25) is 0 Å². The molecule has 0 N–H and O–H groups in total. The van der Waals surface area contributed by atoms with E-state index in [4.69, 9.17) is 14.5 Å². The Kier molecular flexibility index (Phi) is 7.70. The van der Waals surface area contributed by atoms with E-state index in [9.17, 15) is 4.79 Å². The summed E-state index contributed by atoms with van der Waals surface area (Å²) >= 11 is 0. The summed E-state index contributed by atoms with van der Waals surface area (Å²) in [6.45, 7) is 13.2. The largest absolute Gasteiger partial charge is 0.444 e. The normalized spacial score (nSPS) is 25.7. The van der Waals surface area contributed by atoms with Crippen molar-refractivity contribution in [3.05, 3.63) is 58.9 Å². The van der Waals surface area contributed by atoms with E-state index >= 15 is 0 Å². The van der Waals surface area contributed by atoms with Gasteiger partial charge in [0.25, 0.3) is 0 Å². The van der Waals surface area contributed by atoms with Gasteiger partial charge < -0.3 is 14.4 Å². The molecule has 2 aromatic rings. The first-order valence-corrected chi connectivity index (χ1v) is 14.2. The molecule has 206 valence electrons. The van der Waals surface area contributed by atoms with E-state index in [1.807, 2.05) is 37.9 Å². The number of hydrogen-bond donors (Lipinski definition) is 0. The van der Waals surface area contributed by atoms with Crippen LogP contribution in [0.25, 0.3) is 0 Å². The summed E-state index contributed by atoms with van der Waals surface area (Å²) in [5.74, 6) is 0. The number of amides is 1. The van der Waals surface area contributed by atoms with Crippen LogP contribution in [0.15, 0.2) is 36.5 Å². The lowest BCUT2D eigenvalue weighted by Crippen LogP contribution is -2.52. The predicted octanol–water partition coefficient (Wildman–Crippen LogP) is 5.37. The number of fused-ring (bicyclic) bond motifs is 2. The highest BCUT2D eigenvalue weighted by atomic mass is 16.6. The zero-order valence-electron chi connectivity index (χ0n) is 23.9. The lowest BCUT2D eigenvalue weighted by molar-refractivity contribution is -0.00536. The molecule has 1 amide bonds. The smallest absolute Gasteiger partial charge is 0.410 e. The van der Waals surface area contributed by atoms with Crippen molar-refractivity contribution in [2.75, 3.05) is 31.6 Å². The minimum Gasteiger partial charge on any atom is -0.444 e. The van der Waals surface area contributed by atoms with Gasteiger partial charge in [-0.15, -0.1) is 0 Å². The Hall–Kier alpha value is -2.64. The van der Waals surface area contributed by atoms with Crippen molar-refractivity contribution in [3.8, 4) is 0 Å². The molecule has 1 saturated heterocycles. The second-order valence-corrected chi connectivity index (χ2v) is 12.4. The number of morpholine rings is 1. The number of rotatable bonds is 4. The molecule has 7 nitrogen and oxygen atoms in total. The first kappa shape index (κ1) is 26.9. The number of carbonyl (C=O) groups excluding carboxylic acids is 1. The van der Waals surface area contributed by atoms with Gasteiger partial charge in [0.05, 0.1) is 30.0 Å². The summed E-state index contributed by atoms with van der Waals surface area (Å²) in [4.78, 5) is 25.1. The summed E-state index contributed by atoms with van der Waals surface area (Å²) in [5.41, 5.74) is 5.86. The molecule has 0 bridgehead atoms. The molecule has 1 aliphatic carbocycles. The maximum absolute atomic E-state index is 13.5. The molecule has 1 aromatic heterocycles. The van der Waals surface area contributed by atoms with Crippen LogP contribution < -0.4 is 4.90 Å². The maximum atomic E-state index is 13.5. The van der Waals surface area contributed by atoms with Crippen LogP contribution in [-0.4, -0.2) is 71.4 Å². The fourth-order valence-corrected chi connectivity index (χ4v) is 6.51. The van der Waals surface area contributed by atoms with Gasteiger partial charge in [-0.1, -0.05) is 18.2 Å². The number of carbonyl (C=O) groups is 1. The second-order valence-electron chi connectivity index (χ2n) is 12.4. The third kappa shape index (κ3) is 5.84. The van der Waals surface area contributed by atoms with Crippen LogP contribution >= 0.6 is 0 Å². The third-order valence-corrected chi connectivity index (χ3v) is 8.05. The number of aryl methyl sites for hydroxylation is 1. The van der Waals surface area contributed by atoms with Gasteiger partial charge in [0.15, 0.2) is 0 Å². The van der Waals surface area contributed by atoms with Gasteiger partial charge in [-0.2, -0.15) is 0 Å². The van der Waals surface area contributed by atoms with Crippen LogP contribution in [-0.2, 0) is 28.9 Å². The molecular weight excluding hydrogens is 476 g/mol. The molecule has 0 radical (unpaired) electrons. The lowest BCUT2D eigenvalue weighted by atomic mass is 9.89. The average Bonchev–Trinajstić information content (AvgIpc) is 2.86. The lowest BCUT2D eigenvalue weighted by Gasteiger charge is -2.43. The summed E-state index contributed by atoms with van der Waals surface area (Å²) in [5, 5.41) is 0. The second kappa shape index (κ2) is 10.9. The van der Waals surface area contributed by atoms with Crippen molar-refractivity contribution < 1.29 is 14.3 Å². The molecule has 7 heteroatoms. The molecule has 0 unspecified atom stereocenters. The number of aromatic nitrogens is 1. The van der Waals surface area contributed by atoms with Crippen LogP contribution in [0.2, 0.25) is 0 Å². The molecule has 1 aromatic carbocycles. The van der Waals surface area contributed by atoms with Crippen LogP contribution in [0.5, 0.6) is 0 Å². The van der Waals surface area contributed by atoms with E-state index in [0.29, 0.717) is 6.54 Å². The molecule has 1 fully saturated rings. The van der Waals surface area contributed by atoms with Crippen LogP contribution in [0, 0.1) is 0 Å². The molecular formula is C31H44N4O3. The van der Waals surface area contributed by atoms with Crippen molar-refractivity contribution >= 4 is 11.8 Å². The number of pyridine rings is 1. The highest BCUT2D eigenvalue weighted by molar-refractivity contribution is 5.70. The highest BCUT2D eigenvalue weighted by Gasteiger charge is 2.37. The van der Waals surface area contributed by atoms with Crippen LogP contribution in [0.3, 0.4) is 0 Å². The first-order chi connectivity index (χ1) is 18.1. The van der Waals surface area contributed by atoms with Crippen molar-refractivity contribution in [1.29, 1.82) is 0 Å². The van der Waals surface area contributed by atoms with Gasteiger partial charge in [-0.05, 0) is 96.2 Å². The van der Waals surface area contributed by atoms with Crippen molar-refractivity contribution in [1.82, 2.24) is 14.8 Å². The monoisotopic (exact) mass is 520 g/mol. The average molecular weight is 521 g/mol. The van der Waals surface area contributed by atoms with Gasteiger partial charge in [-0.25, -0.2) is 4.79 Å². The van der Waals surface area contributed by atoms with Gasteiger partial charge in [0.1, 0.15) is 5.60 Å². The van der Waals surface area contributed by atoms with Crippen molar-refractivity contribution in [2.45, 2.75) is 96.7 Å². The number of likely N-dealkylation sites (N-methyl/N-ethyl adjacent to an activating group) is 1. The SMILES string of the molecule is C[C@@H]1CN(c2cccc3c2C[C@H](CN(C)[C@H]2CCCc4cccnc42)N(C(=O)OC(C)(C)C)C3)C[C@H](C)O1. The zero-order chi connectivity index (χ0) is 27.0. The Labute approximate surface area is 228 Å². The molecule has 5 rings (SSSR count). The van der Waals surface area contributed by atoms with E-state index in [2.05, 4.69) is 55.0 Å². The quantitative estimate of drug-likeness (QED) is 0.541. The molecule has 0 spiro atoms. The van der Waals surface area contributed by atoms with E-state index in [0.717, 1.165) is 45.3 Å². The van der Waals surface area contributed by atoms with Crippen LogP contribution in [0.1, 0.15) is 75.9 Å². The number of ether oxygens (including phenoxy) is 2. The fourth-order valence-electron chi connectivity index (χ4n) is 6.51. The third-order valence-electron chi connectivity index (χ3n) is 8.05. The summed E-state index contributed by atoms with van der Waals surface area (Å²) in [6.07, 6.45) is 6.20. The Morgan fingerprint density at radius 3 is 2.61 bits per heavy atom. The Morgan fingerprint density at radius 2 is 1.87 bits per heavy atom. The van der Waals surface area contributed by atoms with Gasteiger partial charge >= 0.3 is 6.09 Å². The summed E-state index contributed by atoms with van der Waals surface area (Å²) < 4.78 is 11.9. The number of benzene rings is 1. The van der Waals surface area contributed by atoms with E-state index < -0.39 is 5.60 Å². The first-order valence-electron chi connectivity index (χ1n) is 14.2. The molecule has 2 aliphatic heterocycles. The van der Waals surface area contributed by atoms with Gasteiger partial charge in [0, 0.05) is 38.1 Å². The number of hydrogen-bond acceptors (Lipinski definition) is 6. The molecule has 3 heterocycles. The minimum atomic E-state index is -0.540. The van der Waals surface area contributed by atoms with E-state index in [1.165, 1.54) is 28.1 Å². The maximum Gasteiger partial charge on any atom is 0.410 e. The predicted molar refractivity (Wildman–Crippen MR) is 150 cm³/mol. The Bertz CT molecular complexity index is 1140. The number of nitrogens with zero attached hydrogens (tertiary/aromatic N) is 4. The molecule has 4 atom stereocenters. The Balaban J connectivity index is 1.44. The molecule has 38 heavy (non-hydrogen) atoms. The van der Waals surface area contributed by atoms with E-state index in [-0.39, 0.29) is 30.4 Å². The summed E-state index contributed by atoms with van der Waals surface area (Å²) in [6, 6.07) is 11.1. The zero-order valence-corrected chi connectivity index (χ0v) is 23.9. The fraction of sp³-hybridized carbons (Fsp3) is 0.613. The topological polar surface area (TPSA) is 58.1 Å². The highest BCUT2D eigenvalue weighted by Crippen LogP contribution is 2.36. The summed E-state index contributed by atoms with van der Waals surface area (Å²) in [7, 11) is 2.19. The minimum absolute atomic E-state index is 0.00785.